The van der Waals surface area contributed by atoms with Crippen LogP contribution in [0.2, 0.25) is 5.02 Å². The van der Waals surface area contributed by atoms with Crippen LogP contribution in [0.1, 0.15) is 36.3 Å². The predicted octanol–water partition coefficient (Wildman–Crippen LogP) is 4.43. The molecule has 24 heavy (non-hydrogen) atoms. The number of benzene rings is 2. The lowest BCUT2D eigenvalue weighted by Crippen LogP contribution is -2.33. The van der Waals surface area contributed by atoms with Crippen LogP contribution in [0.4, 0.5) is 4.39 Å². The molecular weight excluding hydrogens is 325 g/mol. The molecule has 2 fully saturated rings. The SMILES string of the molecule is O=C(NCC1(c2ccc(F)cc2)CC1)C1CC1c1ccccc1Cl. The summed E-state index contributed by atoms with van der Waals surface area (Å²) in [5.74, 6) is 0.140. The first kappa shape index (κ1) is 15.6. The van der Waals surface area contributed by atoms with Gasteiger partial charge in [-0.2, -0.15) is 0 Å². The van der Waals surface area contributed by atoms with Crippen molar-refractivity contribution in [3.63, 3.8) is 0 Å². The Morgan fingerprint density at radius 2 is 1.88 bits per heavy atom. The molecule has 4 heteroatoms. The van der Waals surface area contributed by atoms with E-state index in [-0.39, 0.29) is 29.0 Å². The van der Waals surface area contributed by atoms with Gasteiger partial charge in [0.15, 0.2) is 0 Å². The van der Waals surface area contributed by atoms with Gasteiger partial charge < -0.3 is 5.32 Å². The number of amides is 1. The fourth-order valence-corrected chi connectivity index (χ4v) is 3.79. The van der Waals surface area contributed by atoms with Crippen LogP contribution in [-0.4, -0.2) is 12.5 Å². The van der Waals surface area contributed by atoms with Crippen molar-refractivity contribution in [3.8, 4) is 0 Å². The molecule has 0 heterocycles. The first-order valence-electron chi connectivity index (χ1n) is 8.37. The zero-order valence-corrected chi connectivity index (χ0v) is 14.0. The highest BCUT2D eigenvalue weighted by Crippen LogP contribution is 2.51. The minimum atomic E-state index is -0.223. The Hall–Kier alpha value is -1.87. The third-order valence-electron chi connectivity index (χ3n) is 5.34. The summed E-state index contributed by atoms with van der Waals surface area (Å²) in [6.45, 7) is 0.628. The van der Waals surface area contributed by atoms with Gasteiger partial charge in [-0.3, -0.25) is 4.79 Å². The van der Waals surface area contributed by atoms with Crippen molar-refractivity contribution < 1.29 is 9.18 Å². The molecule has 1 amide bonds. The fourth-order valence-electron chi connectivity index (χ4n) is 3.51. The highest BCUT2D eigenvalue weighted by atomic mass is 35.5. The fraction of sp³-hybridized carbons (Fsp3) is 0.350. The molecular formula is C20H19ClFNO. The maximum absolute atomic E-state index is 13.1. The van der Waals surface area contributed by atoms with Gasteiger partial charge in [0.25, 0.3) is 0 Å². The second-order valence-electron chi connectivity index (χ2n) is 6.98. The molecule has 0 aliphatic heterocycles. The van der Waals surface area contributed by atoms with Crippen molar-refractivity contribution in [1.82, 2.24) is 5.32 Å². The molecule has 2 atom stereocenters. The minimum Gasteiger partial charge on any atom is -0.355 e. The van der Waals surface area contributed by atoms with Gasteiger partial charge in [0.1, 0.15) is 5.82 Å². The molecule has 4 rings (SSSR count). The standard InChI is InChI=1S/C20H19ClFNO/c21-18-4-2-1-3-15(18)16-11-17(16)19(24)23-12-20(9-10-20)13-5-7-14(22)8-6-13/h1-8,16-17H,9-12H2,(H,23,24). The maximum atomic E-state index is 13.1. The lowest BCUT2D eigenvalue weighted by molar-refractivity contribution is -0.122. The average Bonchev–Trinajstić information content (AvgIpc) is 3.49. The first-order chi connectivity index (χ1) is 11.6. The van der Waals surface area contributed by atoms with Crippen LogP contribution in [0.25, 0.3) is 0 Å². The molecule has 2 unspecified atom stereocenters. The number of carbonyl (C=O) groups excluding carboxylic acids is 1. The highest BCUT2D eigenvalue weighted by molar-refractivity contribution is 6.31. The van der Waals surface area contributed by atoms with E-state index in [2.05, 4.69) is 5.32 Å². The zero-order chi connectivity index (χ0) is 16.7. The van der Waals surface area contributed by atoms with Gasteiger partial charge in [0, 0.05) is 22.9 Å². The number of hydrogen-bond donors (Lipinski definition) is 1. The molecule has 124 valence electrons. The number of rotatable bonds is 5. The van der Waals surface area contributed by atoms with Gasteiger partial charge in [-0.25, -0.2) is 4.39 Å². The quantitative estimate of drug-likeness (QED) is 0.854. The van der Waals surface area contributed by atoms with E-state index < -0.39 is 0 Å². The van der Waals surface area contributed by atoms with Crippen LogP contribution in [0.3, 0.4) is 0 Å². The molecule has 0 saturated heterocycles. The van der Waals surface area contributed by atoms with Crippen molar-refractivity contribution in [3.05, 3.63) is 70.5 Å². The summed E-state index contributed by atoms with van der Waals surface area (Å²) in [6, 6.07) is 14.4. The predicted molar refractivity (Wildman–Crippen MR) is 92.6 cm³/mol. The molecule has 2 saturated carbocycles. The van der Waals surface area contributed by atoms with Gasteiger partial charge in [0.05, 0.1) is 0 Å². The third kappa shape index (κ3) is 2.93. The van der Waals surface area contributed by atoms with Gasteiger partial charge in [-0.15, -0.1) is 0 Å². The van der Waals surface area contributed by atoms with Crippen LogP contribution in [0.15, 0.2) is 48.5 Å². The number of halogens is 2. The van der Waals surface area contributed by atoms with Crippen molar-refractivity contribution in [2.45, 2.75) is 30.6 Å². The lowest BCUT2D eigenvalue weighted by Gasteiger charge is -2.16. The van der Waals surface area contributed by atoms with E-state index in [1.165, 1.54) is 12.1 Å². The van der Waals surface area contributed by atoms with Crippen molar-refractivity contribution in [2.24, 2.45) is 5.92 Å². The van der Waals surface area contributed by atoms with Gasteiger partial charge in [-0.1, -0.05) is 41.9 Å². The monoisotopic (exact) mass is 343 g/mol. The molecule has 0 spiro atoms. The van der Waals surface area contributed by atoms with E-state index in [4.69, 9.17) is 11.6 Å². The Morgan fingerprint density at radius 3 is 2.54 bits per heavy atom. The Kier molecular flexibility index (Phi) is 3.84. The Labute approximate surface area is 146 Å². The minimum absolute atomic E-state index is 0.00185. The maximum Gasteiger partial charge on any atom is 0.223 e. The van der Waals surface area contributed by atoms with Crippen molar-refractivity contribution in [1.29, 1.82) is 0 Å². The summed E-state index contributed by atoms with van der Waals surface area (Å²) >= 11 is 6.22. The molecule has 2 aromatic carbocycles. The van der Waals surface area contributed by atoms with E-state index in [9.17, 15) is 9.18 Å². The third-order valence-corrected chi connectivity index (χ3v) is 5.69. The van der Waals surface area contributed by atoms with Gasteiger partial charge in [0.2, 0.25) is 5.91 Å². The summed E-state index contributed by atoms with van der Waals surface area (Å²) in [7, 11) is 0. The van der Waals surface area contributed by atoms with Crippen molar-refractivity contribution >= 4 is 17.5 Å². The topological polar surface area (TPSA) is 29.1 Å². The van der Waals surface area contributed by atoms with Crippen LogP contribution in [-0.2, 0) is 10.2 Å². The van der Waals surface area contributed by atoms with Crippen molar-refractivity contribution in [2.75, 3.05) is 6.54 Å². The zero-order valence-electron chi connectivity index (χ0n) is 13.3. The highest BCUT2D eigenvalue weighted by Gasteiger charge is 2.48. The molecule has 2 aliphatic rings. The molecule has 0 aromatic heterocycles. The van der Waals surface area contributed by atoms with Gasteiger partial charge in [-0.05, 0) is 54.5 Å². The summed E-state index contributed by atoms with van der Waals surface area (Å²) in [6.07, 6.45) is 2.94. The van der Waals surface area contributed by atoms with E-state index in [0.29, 0.717) is 6.54 Å². The Bertz CT molecular complexity index is 769. The second kappa shape index (κ2) is 5.89. The second-order valence-corrected chi connectivity index (χ2v) is 7.38. The van der Waals surface area contributed by atoms with Crippen LogP contribution < -0.4 is 5.32 Å². The molecule has 2 aliphatic carbocycles. The molecule has 0 radical (unpaired) electrons. The average molecular weight is 344 g/mol. The summed E-state index contributed by atoms with van der Waals surface area (Å²) in [5.41, 5.74) is 2.18. The number of hydrogen-bond acceptors (Lipinski definition) is 1. The van der Waals surface area contributed by atoms with Gasteiger partial charge >= 0.3 is 0 Å². The number of carbonyl (C=O) groups is 1. The molecule has 0 bridgehead atoms. The van der Waals surface area contributed by atoms with E-state index in [1.807, 2.05) is 36.4 Å². The smallest absolute Gasteiger partial charge is 0.223 e. The summed E-state index contributed by atoms with van der Waals surface area (Å²) in [4.78, 5) is 12.4. The number of nitrogens with one attached hydrogen (secondary N) is 1. The Balaban J connectivity index is 1.36. The molecule has 2 nitrogen and oxygen atoms in total. The summed E-state index contributed by atoms with van der Waals surface area (Å²) in [5, 5.41) is 3.84. The molecule has 2 aromatic rings. The first-order valence-corrected chi connectivity index (χ1v) is 8.75. The largest absolute Gasteiger partial charge is 0.355 e. The molecule has 1 N–H and O–H groups in total. The Morgan fingerprint density at radius 1 is 1.17 bits per heavy atom. The van der Waals surface area contributed by atoms with Crippen LogP contribution in [0, 0.1) is 11.7 Å². The van der Waals surface area contributed by atoms with E-state index in [1.54, 1.807) is 0 Å². The van der Waals surface area contributed by atoms with E-state index in [0.717, 1.165) is 35.4 Å². The van der Waals surface area contributed by atoms with E-state index >= 15 is 0 Å². The lowest BCUT2D eigenvalue weighted by atomic mass is 9.96. The van der Waals surface area contributed by atoms with Crippen LogP contribution >= 0.6 is 11.6 Å². The summed E-state index contributed by atoms with van der Waals surface area (Å²) < 4.78 is 13.1. The normalized spacial score (nSPS) is 23.6. The van der Waals surface area contributed by atoms with Crippen LogP contribution in [0.5, 0.6) is 0 Å².